The fourth-order valence-electron chi connectivity index (χ4n) is 2.05. The van der Waals surface area contributed by atoms with Crippen molar-refractivity contribution in [3.63, 3.8) is 0 Å². The van der Waals surface area contributed by atoms with Gasteiger partial charge in [0.2, 0.25) is 0 Å². The standard InChI is InChI=1S/C18H22N2O2/c1-3-4-10-22-15-7-5-6-14(12-15)18(21)20-17-9-8-13(2)11-16(17)19/h5-9,11-12H,3-4,10,19H2,1-2H3,(H,20,21). The maximum absolute atomic E-state index is 12.3. The fourth-order valence-corrected chi connectivity index (χ4v) is 2.05. The Morgan fingerprint density at radius 1 is 1.23 bits per heavy atom. The Balaban J connectivity index is 2.07. The minimum absolute atomic E-state index is 0.198. The minimum Gasteiger partial charge on any atom is -0.494 e. The average molecular weight is 298 g/mol. The molecule has 0 aliphatic rings. The number of nitrogen functional groups attached to an aromatic ring is 1. The van der Waals surface area contributed by atoms with Gasteiger partial charge in [-0.25, -0.2) is 0 Å². The van der Waals surface area contributed by atoms with Crippen LogP contribution in [-0.2, 0) is 0 Å². The molecule has 4 heteroatoms. The summed E-state index contributed by atoms with van der Waals surface area (Å²) in [6, 6.07) is 12.7. The molecule has 2 rings (SSSR count). The second kappa shape index (κ2) is 7.50. The molecule has 0 aromatic heterocycles. The van der Waals surface area contributed by atoms with Crippen LogP contribution in [0.15, 0.2) is 42.5 Å². The number of aryl methyl sites for hydroxylation is 1. The molecule has 3 N–H and O–H groups in total. The second-order valence-corrected chi connectivity index (χ2v) is 5.27. The summed E-state index contributed by atoms with van der Waals surface area (Å²) < 4.78 is 5.62. The second-order valence-electron chi connectivity index (χ2n) is 5.27. The van der Waals surface area contributed by atoms with E-state index in [0.29, 0.717) is 29.3 Å². The summed E-state index contributed by atoms with van der Waals surface area (Å²) in [5.74, 6) is 0.509. The van der Waals surface area contributed by atoms with Gasteiger partial charge in [-0.15, -0.1) is 0 Å². The van der Waals surface area contributed by atoms with Crippen molar-refractivity contribution in [2.45, 2.75) is 26.7 Å². The van der Waals surface area contributed by atoms with E-state index in [1.807, 2.05) is 37.3 Å². The van der Waals surface area contributed by atoms with Crippen molar-refractivity contribution in [2.24, 2.45) is 0 Å². The highest BCUT2D eigenvalue weighted by atomic mass is 16.5. The van der Waals surface area contributed by atoms with Crippen LogP contribution < -0.4 is 15.8 Å². The van der Waals surface area contributed by atoms with E-state index >= 15 is 0 Å². The maximum Gasteiger partial charge on any atom is 0.255 e. The zero-order chi connectivity index (χ0) is 15.9. The number of carbonyl (C=O) groups is 1. The molecule has 22 heavy (non-hydrogen) atoms. The van der Waals surface area contributed by atoms with Crippen molar-refractivity contribution in [1.29, 1.82) is 0 Å². The normalized spacial score (nSPS) is 10.3. The predicted molar refractivity (Wildman–Crippen MR) is 90.4 cm³/mol. The molecular weight excluding hydrogens is 276 g/mol. The first-order chi connectivity index (χ1) is 10.6. The maximum atomic E-state index is 12.3. The summed E-state index contributed by atoms with van der Waals surface area (Å²) >= 11 is 0. The van der Waals surface area contributed by atoms with E-state index < -0.39 is 0 Å². The highest BCUT2D eigenvalue weighted by molar-refractivity contribution is 6.05. The molecule has 0 radical (unpaired) electrons. The molecule has 0 aliphatic carbocycles. The number of hydrogen-bond acceptors (Lipinski definition) is 3. The topological polar surface area (TPSA) is 64.3 Å². The molecule has 0 atom stereocenters. The molecule has 4 nitrogen and oxygen atoms in total. The minimum atomic E-state index is -0.198. The quantitative estimate of drug-likeness (QED) is 0.625. The van der Waals surface area contributed by atoms with Gasteiger partial charge < -0.3 is 15.8 Å². The van der Waals surface area contributed by atoms with Gasteiger partial charge in [0.05, 0.1) is 18.0 Å². The molecule has 116 valence electrons. The number of benzene rings is 2. The average Bonchev–Trinajstić information content (AvgIpc) is 2.50. The summed E-state index contributed by atoms with van der Waals surface area (Å²) in [5.41, 5.74) is 8.70. The highest BCUT2D eigenvalue weighted by Gasteiger charge is 2.09. The number of rotatable bonds is 6. The third-order valence-electron chi connectivity index (χ3n) is 3.32. The molecule has 0 spiro atoms. The Hall–Kier alpha value is -2.49. The molecule has 0 aliphatic heterocycles. The number of anilines is 2. The first-order valence-corrected chi connectivity index (χ1v) is 7.50. The molecule has 0 heterocycles. The Bertz CT molecular complexity index is 653. The number of unbranched alkanes of at least 4 members (excludes halogenated alkanes) is 1. The van der Waals surface area contributed by atoms with E-state index in [1.54, 1.807) is 12.1 Å². The van der Waals surface area contributed by atoms with Gasteiger partial charge in [-0.05, 0) is 49.2 Å². The van der Waals surface area contributed by atoms with Gasteiger partial charge in [0, 0.05) is 5.56 Å². The number of hydrogen-bond donors (Lipinski definition) is 2. The monoisotopic (exact) mass is 298 g/mol. The molecule has 0 saturated carbocycles. The zero-order valence-electron chi connectivity index (χ0n) is 13.1. The predicted octanol–water partition coefficient (Wildman–Crippen LogP) is 4.01. The molecule has 0 unspecified atom stereocenters. The zero-order valence-corrected chi connectivity index (χ0v) is 13.1. The molecule has 0 saturated heterocycles. The van der Waals surface area contributed by atoms with Crippen LogP contribution >= 0.6 is 0 Å². The largest absolute Gasteiger partial charge is 0.494 e. The fraction of sp³-hybridized carbons (Fsp3) is 0.278. The van der Waals surface area contributed by atoms with Crippen molar-refractivity contribution in [3.8, 4) is 5.75 Å². The van der Waals surface area contributed by atoms with Crippen LogP contribution in [-0.4, -0.2) is 12.5 Å². The van der Waals surface area contributed by atoms with Crippen LogP contribution in [0, 0.1) is 6.92 Å². The van der Waals surface area contributed by atoms with Crippen LogP contribution in [0.4, 0.5) is 11.4 Å². The van der Waals surface area contributed by atoms with E-state index in [0.717, 1.165) is 18.4 Å². The van der Waals surface area contributed by atoms with Gasteiger partial charge in [-0.1, -0.05) is 25.5 Å². The van der Waals surface area contributed by atoms with Crippen LogP contribution in [0.5, 0.6) is 5.75 Å². The van der Waals surface area contributed by atoms with Crippen LogP contribution in [0.1, 0.15) is 35.7 Å². The molecule has 2 aromatic rings. The number of ether oxygens (including phenoxy) is 1. The lowest BCUT2D eigenvalue weighted by Crippen LogP contribution is -2.13. The number of carbonyl (C=O) groups excluding carboxylic acids is 1. The highest BCUT2D eigenvalue weighted by Crippen LogP contribution is 2.21. The lowest BCUT2D eigenvalue weighted by Gasteiger charge is -2.10. The first kappa shape index (κ1) is 15.9. The van der Waals surface area contributed by atoms with Gasteiger partial charge in [0.15, 0.2) is 0 Å². The van der Waals surface area contributed by atoms with Gasteiger partial charge >= 0.3 is 0 Å². The smallest absolute Gasteiger partial charge is 0.255 e. The van der Waals surface area contributed by atoms with Gasteiger partial charge in [-0.2, -0.15) is 0 Å². The Morgan fingerprint density at radius 2 is 2.05 bits per heavy atom. The molecular formula is C18H22N2O2. The lowest BCUT2D eigenvalue weighted by molar-refractivity contribution is 0.102. The van der Waals surface area contributed by atoms with Crippen molar-refractivity contribution in [1.82, 2.24) is 0 Å². The summed E-state index contributed by atoms with van der Waals surface area (Å²) in [5, 5.41) is 2.83. The lowest BCUT2D eigenvalue weighted by atomic mass is 10.1. The third-order valence-corrected chi connectivity index (χ3v) is 3.32. The van der Waals surface area contributed by atoms with E-state index in [9.17, 15) is 4.79 Å². The van der Waals surface area contributed by atoms with Gasteiger partial charge in [-0.3, -0.25) is 4.79 Å². The first-order valence-electron chi connectivity index (χ1n) is 7.50. The van der Waals surface area contributed by atoms with Crippen LogP contribution in [0.25, 0.3) is 0 Å². The Kier molecular flexibility index (Phi) is 5.42. The summed E-state index contributed by atoms with van der Waals surface area (Å²) in [6.45, 7) is 4.73. The van der Waals surface area contributed by atoms with E-state index in [1.165, 1.54) is 0 Å². The SMILES string of the molecule is CCCCOc1cccc(C(=O)Nc2ccc(C)cc2N)c1. The third kappa shape index (κ3) is 4.25. The summed E-state index contributed by atoms with van der Waals surface area (Å²) in [7, 11) is 0. The summed E-state index contributed by atoms with van der Waals surface area (Å²) in [4.78, 5) is 12.3. The van der Waals surface area contributed by atoms with Crippen molar-refractivity contribution < 1.29 is 9.53 Å². The Labute approximate surface area is 131 Å². The molecule has 0 bridgehead atoms. The van der Waals surface area contributed by atoms with Gasteiger partial charge in [0.1, 0.15) is 5.75 Å². The van der Waals surface area contributed by atoms with E-state index in [2.05, 4.69) is 12.2 Å². The summed E-state index contributed by atoms with van der Waals surface area (Å²) in [6.07, 6.45) is 2.07. The number of nitrogens with one attached hydrogen (secondary N) is 1. The van der Waals surface area contributed by atoms with E-state index in [4.69, 9.17) is 10.5 Å². The van der Waals surface area contributed by atoms with Crippen molar-refractivity contribution in [2.75, 3.05) is 17.7 Å². The number of nitrogens with two attached hydrogens (primary N) is 1. The number of amides is 1. The molecule has 2 aromatic carbocycles. The van der Waals surface area contributed by atoms with E-state index in [-0.39, 0.29) is 5.91 Å². The van der Waals surface area contributed by atoms with Gasteiger partial charge in [0.25, 0.3) is 5.91 Å². The molecule has 0 fully saturated rings. The van der Waals surface area contributed by atoms with Crippen molar-refractivity contribution in [3.05, 3.63) is 53.6 Å². The van der Waals surface area contributed by atoms with Crippen LogP contribution in [0.3, 0.4) is 0 Å². The van der Waals surface area contributed by atoms with Crippen LogP contribution in [0.2, 0.25) is 0 Å². The Morgan fingerprint density at radius 3 is 2.77 bits per heavy atom. The molecule has 1 amide bonds. The van der Waals surface area contributed by atoms with Crippen molar-refractivity contribution >= 4 is 17.3 Å².